The molecule has 1 aromatic rings. The zero-order chi connectivity index (χ0) is 12.3. The lowest BCUT2D eigenvalue weighted by atomic mass is 10.2. The highest BCUT2D eigenvalue weighted by molar-refractivity contribution is 6.30. The number of hydrogen-bond donors (Lipinski definition) is 2. The van der Waals surface area contributed by atoms with E-state index in [9.17, 15) is 13.2 Å². The van der Waals surface area contributed by atoms with Gasteiger partial charge in [-0.1, -0.05) is 11.6 Å². The van der Waals surface area contributed by atoms with Gasteiger partial charge in [0.05, 0.1) is 5.56 Å². The maximum atomic E-state index is 12.5. The number of anilines is 1. The molecule has 0 spiro atoms. The van der Waals surface area contributed by atoms with Gasteiger partial charge in [-0.15, -0.1) is 0 Å². The topological polar surface area (TPSA) is 38.0 Å². The van der Waals surface area contributed by atoms with E-state index < -0.39 is 11.7 Å². The van der Waals surface area contributed by atoms with E-state index in [4.69, 9.17) is 17.3 Å². The first-order chi connectivity index (χ1) is 7.32. The number of nitrogens with two attached hydrogens (primary N) is 1. The number of halogens is 4. The van der Waals surface area contributed by atoms with E-state index in [1.54, 1.807) is 6.92 Å². The van der Waals surface area contributed by atoms with Crippen LogP contribution in [0.1, 0.15) is 12.5 Å². The Balaban J connectivity index is 2.99. The third kappa shape index (κ3) is 3.57. The van der Waals surface area contributed by atoms with Crippen molar-refractivity contribution in [3.8, 4) is 0 Å². The summed E-state index contributed by atoms with van der Waals surface area (Å²) in [7, 11) is 0. The van der Waals surface area contributed by atoms with E-state index in [-0.39, 0.29) is 11.1 Å². The average Bonchev–Trinajstić information content (AvgIpc) is 2.15. The van der Waals surface area contributed by atoms with Crippen LogP contribution in [0.2, 0.25) is 5.02 Å². The van der Waals surface area contributed by atoms with Crippen LogP contribution in [0.15, 0.2) is 18.2 Å². The number of rotatable bonds is 3. The molecule has 0 heterocycles. The maximum absolute atomic E-state index is 12.5. The van der Waals surface area contributed by atoms with Crippen LogP contribution in [-0.2, 0) is 6.18 Å². The predicted octanol–water partition coefficient (Wildman–Crippen LogP) is 3.12. The number of nitrogens with one attached hydrogen (secondary N) is 1. The second kappa shape index (κ2) is 4.93. The molecule has 16 heavy (non-hydrogen) atoms. The fourth-order valence-electron chi connectivity index (χ4n) is 1.18. The van der Waals surface area contributed by atoms with Gasteiger partial charge in [-0.25, -0.2) is 0 Å². The van der Waals surface area contributed by atoms with E-state index in [0.717, 1.165) is 12.1 Å². The smallest absolute Gasteiger partial charge is 0.381 e. The van der Waals surface area contributed by atoms with Crippen molar-refractivity contribution in [2.75, 3.05) is 11.9 Å². The van der Waals surface area contributed by atoms with Gasteiger partial charge in [-0.3, -0.25) is 0 Å². The summed E-state index contributed by atoms with van der Waals surface area (Å²) in [6.07, 6.45) is -4.40. The van der Waals surface area contributed by atoms with Crippen LogP contribution in [-0.4, -0.2) is 12.6 Å². The second-order valence-corrected chi connectivity index (χ2v) is 3.94. The van der Waals surface area contributed by atoms with Gasteiger partial charge >= 0.3 is 6.18 Å². The molecule has 0 aliphatic rings. The van der Waals surface area contributed by atoms with Crippen molar-refractivity contribution in [3.63, 3.8) is 0 Å². The first-order valence-corrected chi connectivity index (χ1v) is 5.05. The highest BCUT2D eigenvalue weighted by Gasteiger charge is 2.31. The van der Waals surface area contributed by atoms with Crippen molar-refractivity contribution in [2.24, 2.45) is 5.73 Å². The molecule has 1 atom stereocenters. The fraction of sp³-hybridized carbons (Fsp3) is 0.400. The van der Waals surface area contributed by atoms with E-state index in [0.29, 0.717) is 12.2 Å². The first-order valence-electron chi connectivity index (χ1n) is 4.67. The van der Waals surface area contributed by atoms with Crippen LogP contribution in [0.4, 0.5) is 18.9 Å². The number of hydrogen-bond acceptors (Lipinski definition) is 2. The molecule has 0 bridgehead atoms. The molecule has 1 aromatic carbocycles. The average molecular weight is 253 g/mol. The van der Waals surface area contributed by atoms with E-state index in [1.165, 1.54) is 6.07 Å². The highest BCUT2D eigenvalue weighted by Crippen LogP contribution is 2.33. The van der Waals surface area contributed by atoms with Crippen LogP contribution in [0.25, 0.3) is 0 Å². The van der Waals surface area contributed by atoms with Gasteiger partial charge in [0.1, 0.15) is 0 Å². The fourth-order valence-corrected chi connectivity index (χ4v) is 1.42. The summed E-state index contributed by atoms with van der Waals surface area (Å²) in [6.45, 7) is 2.10. The van der Waals surface area contributed by atoms with E-state index in [2.05, 4.69) is 5.32 Å². The Morgan fingerprint density at radius 1 is 1.38 bits per heavy atom. The van der Waals surface area contributed by atoms with Crippen LogP contribution in [0.3, 0.4) is 0 Å². The largest absolute Gasteiger partial charge is 0.416 e. The molecule has 1 rings (SSSR count). The van der Waals surface area contributed by atoms with Gasteiger partial charge in [0.25, 0.3) is 0 Å². The Morgan fingerprint density at radius 2 is 2.00 bits per heavy atom. The third-order valence-electron chi connectivity index (χ3n) is 1.99. The minimum Gasteiger partial charge on any atom is -0.381 e. The number of benzene rings is 1. The Labute approximate surface area is 96.6 Å². The zero-order valence-corrected chi connectivity index (χ0v) is 9.36. The Hall–Kier alpha value is -0.940. The monoisotopic (exact) mass is 252 g/mol. The van der Waals surface area contributed by atoms with Crippen LogP contribution in [0.5, 0.6) is 0 Å². The first kappa shape index (κ1) is 13.1. The van der Waals surface area contributed by atoms with Gasteiger partial charge in [0.15, 0.2) is 0 Å². The summed E-state index contributed by atoms with van der Waals surface area (Å²) in [5.74, 6) is 0. The lowest BCUT2D eigenvalue weighted by Gasteiger charge is -2.15. The Kier molecular flexibility index (Phi) is 4.04. The summed E-state index contributed by atoms with van der Waals surface area (Å²) >= 11 is 5.61. The molecule has 1 unspecified atom stereocenters. The summed E-state index contributed by atoms with van der Waals surface area (Å²) in [4.78, 5) is 0. The Bertz CT molecular complexity index is 366. The molecule has 0 saturated heterocycles. The van der Waals surface area contributed by atoms with Crippen molar-refractivity contribution >= 4 is 17.3 Å². The van der Waals surface area contributed by atoms with Crippen LogP contribution < -0.4 is 11.1 Å². The standard InChI is InChI=1S/C10H12ClF3N2/c1-6(5-15)16-9-3-7(10(12,13)14)2-8(11)4-9/h2-4,6,16H,5,15H2,1H3. The minimum atomic E-state index is -4.40. The normalized spacial score (nSPS) is 13.6. The minimum absolute atomic E-state index is 0.0431. The molecule has 0 aromatic heterocycles. The Morgan fingerprint density at radius 3 is 2.50 bits per heavy atom. The van der Waals surface area contributed by atoms with Crippen molar-refractivity contribution in [2.45, 2.75) is 19.1 Å². The molecular weight excluding hydrogens is 241 g/mol. The predicted molar refractivity (Wildman–Crippen MR) is 58.6 cm³/mol. The van der Waals surface area contributed by atoms with E-state index >= 15 is 0 Å². The molecule has 0 aliphatic heterocycles. The molecule has 0 fully saturated rings. The molecular formula is C10H12ClF3N2. The van der Waals surface area contributed by atoms with Gasteiger partial charge in [-0.2, -0.15) is 13.2 Å². The van der Waals surface area contributed by atoms with Crippen LogP contribution >= 0.6 is 11.6 Å². The van der Waals surface area contributed by atoms with Gasteiger partial charge < -0.3 is 11.1 Å². The van der Waals surface area contributed by atoms with Crippen molar-refractivity contribution < 1.29 is 13.2 Å². The van der Waals surface area contributed by atoms with Crippen LogP contribution in [0, 0.1) is 0 Å². The van der Waals surface area contributed by atoms with Gasteiger partial charge in [0.2, 0.25) is 0 Å². The lowest BCUT2D eigenvalue weighted by Crippen LogP contribution is -2.25. The lowest BCUT2D eigenvalue weighted by molar-refractivity contribution is -0.137. The maximum Gasteiger partial charge on any atom is 0.416 e. The van der Waals surface area contributed by atoms with Crippen molar-refractivity contribution in [3.05, 3.63) is 28.8 Å². The molecule has 0 aliphatic carbocycles. The molecule has 0 saturated carbocycles. The van der Waals surface area contributed by atoms with Crippen molar-refractivity contribution in [1.29, 1.82) is 0 Å². The quantitative estimate of drug-likeness (QED) is 0.867. The van der Waals surface area contributed by atoms with Gasteiger partial charge in [0, 0.05) is 23.3 Å². The highest BCUT2D eigenvalue weighted by atomic mass is 35.5. The zero-order valence-electron chi connectivity index (χ0n) is 8.61. The summed E-state index contributed by atoms with van der Waals surface area (Å²) in [6, 6.07) is 3.22. The summed E-state index contributed by atoms with van der Waals surface area (Å²) < 4.78 is 37.4. The molecule has 2 nitrogen and oxygen atoms in total. The SMILES string of the molecule is CC(CN)Nc1cc(Cl)cc(C(F)(F)F)c1. The van der Waals surface area contributed by atoms with E-state index in [1.807, 2.05) is 0 Å². The molecule has 6 heteroatoms. The summed E-state index contributed by atoms with van der Waals surface area (Å²) in [5.41, 5.74) is 4.91. The molecule has 90 valence electrons. The molecule has 3 N–H and O–H groups in total. The van der Waals surface area contributed by atoms with Crippen molar-refractivity contribution in [1.82, 2.24) is 0 Å². The molecule has 0 amide bonds. The summed E-state index contributed by atoms with van der Waals surface area (Å²) in [5, 5.41) is 2.88. The second-order valence-electron chi connectivity index (χ2n) is 3.51. The third-order valence-corrected chi connectivity index (χ3v) is 2.21. The number of alkyl halides is 3. The van der Waals surface area contributed by atoms with Gasteiger partial charge in [-0.05, 0) is 25.1 Å². The molecule has 0 radical (unpaired) electrons.